The Hall–Kier alpha value is -1.42. The Morgan fingerprint density at radius 1 is 1.25 bits per heavy atom. The Balaban J connectivity index is 0.00000225. The highest BCUT2D eigenvalue weighted by atomic mass is 127. The van der Waals surface area contributed by atoms with Crippen molar-refractivity contribution in [2.75, 3.05) is 38.1 Å². The van der Waals surface area contributed by atoms with Gasteiger partial charge in [-0.2, -0.15) is 4.37 Å². The minimum atomic E-state index is 0. The van der Waals surface area contributed by atoms with Crippen molar-refractivity contribution >= 4 is 46.6 Å². The lowest BCUT2D eigenvalue weighted by atomic mass is 10.0. The van der Waals surface area contributed by atoms with Crippen LogP contribution in [0.4, 0.5) is 5.13 Å². The summed E-state index contributed by atoms with van der Waals surface area (Å²) in [6.45, 7) is 8.15. The van der Waals surface area contributed by atoms with Crippen molar-refractivity contribution in [2.45, 2.75) is 38.6 Å². The van der Waals surface area contributed by atoms with E-state index in [2.05, 4.69) is 67.6 Å². The topological polar surface area (TPSA) is 56.7 Å². The molecule has 1 saturated heterocycles. The monoisotopic (exact) mass is 512 g/mol. The first kappa shape index (κ1) is 21.3. The molecule has 8 heteroatoms. The van der Waals surface area contributed by atoms with E-state index in [1.54, 1.807) is 0 Å². The lowest BCUT2D eigenvalue weighted by Gasteiger charge is -2.36. The highest BCUT2D eigenvalue weighted by molar-refractivity contribution is 14.0. The average Bonchev–Trinajstić information content (AvgIpc) is 3.29. The van der Waals surface area contributed by atoms with Crippen LogP contribution < -0.4 is 10.2 Å². The third-order valence-corrected chi connectivity index (χ3v) is 6.34. The van der Waals surface area contributed by atoms with Gasteiger partial charge in [-0.25, -0.2) is 4.98 Å². The lowest BCUT2D eigenvalue weighted by molar-refractivity contribution is 0.372. The van der Waals surface area contributed by atoms with E-state index in [4.69, 9.17) is 0 Å². The summed E-state index contributed by atoms with van der Waals surface area (Å²) in [5, 5.41) is 4.74. The molecule has 0 amide bonds. The molecule has 6 nitrogen and oxygen atoms in total. The van der Waals surface area contributed by atoms with E-state index in [1.807, 2.05) is 7.05 Å². The average molecular weight is 512 g/mol. The molecule has 0 bridgehead atoms. The summed E-state index contributed by atoms with van der Waals surface area (Å²) < 4.78 is 4.41. The number of anilines is 1. The van der Waals surface area contributed by atoms with Gasteiger partial charge in [0.2, 0.25) is 5.13 Å². The summed E-state index contributed by atoms with van der Waals surface area (Å²) in [6, 6.07) is 9.22. The molecule has 0 radical (unpaired) electrons. The number of hydrogen-bond donors (Lipinski definition) is 1. The van der Waals surface area contributed by atoms with Crippen LogP contribution >= 0.6 is 35.5 Å². The van der Waals surface area contributed by atoms with Gasteiger partial charge in [0.1, 0.15) is 5.82 Å². The van der Waals surface area contributed by atoms with Gasteiger partial charge in [0.05, 0.1) is 0 Å². The number of nitrogens with one attached hydrogen (secondary N) is 1. The molecule has 28 heavy (non-hydrogen) atoms. The number of hydrogen-bond acceptors (Lipinski definition) is 5. The van der Waals surface area contributed by atoms with Crippen molar-refractivity contribution in [3.05, 3.63) is 41.2 Å². The van der Waals surface area contributed by atoms with Gasteiger partial charge in [0.15, 0.2) is 5.96 Å². The summed E-state index contributed by atoms with van der Waals surface area (Å²) in [4.78, 5) is 13.9. The van der Waals surface area contributed by atoms with Crippen LogP contribution in [0.25, 0.3) is 0 Å². The predicted molar refractivity (Wildman–Crippen MR) is 127 cm³/mol. The Labute approximate surface area is 188 Å². The normalized spacial score (nSPS) is 22.0. The van der Waals surface area contributed by atoms with Gasteiger partial charge in [-0.15, -0.1) is 24.0 Å². The molecule has 2 unspecified atom stereocenters. The van der Waals surface area contributed by atoms with Crippen molar-refractivity contribution in [1.29, 1.82) is 0 Å². The smallest absolute Gasteiger partial charge is 0.205 e. The highest BCUT2D eigenvalue weighted by Gasteiger charge is 2.40. The summed E-state index contributed by atoms with van der Waals surface area (Å²) in [7, 11) is 1.89. The molecule has 1 aliphatic heterocycles. The van der Waals surface area contributed by atoms with Crippen molar-refractivity contribution in [1.82, 2.24) is 19.6 Å². The number of aliphatic imine (C=N–C) groups is 1. The fraction of sp³-hybridized carbons (Fsp3) is 0.550. The van der Waals surface area contributed by atoms with Crippen LogP contribution in [-0.2, 0) is 6.42 Å². The van der Waals surface area contributed by atoms with Crippen LogP contribution in [0, 0.1) is 6.92 Å². The molecule has 152 valence electrons. The maximum absolute atomic E-state index is 4.62. The molecule has 4 rings (SSSR count). The van der Waals surface area contributed by atoms with E-state index in [1.165, 1.54) is 29.1 Å². The Morgan fingerprint density at radius 3 is 2.64 bits per heavy atom. The second-order valence-electron chi connectivity index (χ2n) is 7.32. The number of piperazine rings is 1. The fourth-order valence-corrected chi connectivity index (χ4v) is 4.59. The van der Waals surface area contributed by atoms with E-state index in [9.17, 15) is 0 Å². The summed E-state index contributed by atoms with van der Waals surface area (Å²) in [5.41, 5.74) is 2.86. The maximum Gasteiger partial charge on any atom is 0.205 e. The number of benzene rings is 1. The van der Waals surface area contributed by atoms with E-state index >= 15 is 0 Å². The summed E-state index contributed by atoms with van der Waals surface area (Å²) >= 11 is 1.52. The van der Waals surface area contributed by atoms with Gasteiger partial charge in [-0.05, 0) is 24.5 Å². The van der Waals surface area contributed by atoms with Crippen molar-refractivity contribution in [3.8, 4) is 0 Å². The SMILES string of the molecule is CCc1nsc(N2CCN(C(=NC)NC3CC3c3ccccc3C)CC2)n1.I. The third kappa shape index (κ3) is 4.59. The van der Waals surface area contributed by atoms with Crippen LogP contribution in [-0.4, -0.2) is 59.5 Å². The van der Waals surface area contributed by atoms with Crippen molar-refractivity contribution in [3.63, 3.8) is 0 Å². The second kappa shape index (κ2) is 9.39. The number of guanidine groups is 1. The van der Waals surface area contributed by atoms with Crippen LogP contribution in [0.2, 0.25) is 0 Å². The maximum atomic E-state index is 4.62. The third-order valence-electron chi connectivity index (χ3n) is 5.53. The quantitative estimate of drug-likeness (QED) is 0.387. The van der Waals surface area contributed by atoms with Gasteiger partial charge in [-0.3, -0.25) is 4.99 Å². The second-order valence-corrected chi connectivity index (χ2v) is 8.05. The van der Waals surface area contributed by atoms with E-state index in [0.717, 1.165) is 49.5 Å². The largest absolute Gasteiger partial charge is 0.353 e. The number of aromatic nitrogens is 2. The van der Waals surface area contributed by atoms with Gasteiger partial charge in [0, 0.05) is 63.1 Å². The number of aryl methyl sites for hydroxylation is 2. The molecule has 2 aliphatic rings. The van der Waals surface area contributed by atoms with Crippen LogP contribution in [0.3, 0.4) is 0 Å². The Morgan fingerprint density at radius 2 is 2.00 bits per heavy atom. The summed E-state index contributed by atoms with van der Waals surface area (Å²) in [5.74, 6) is 2.59. The van der Waals surface area contributed by atoms with Crippen LogP contribution in [0.5, 0.6) is 0 Å². The number of nitrogens with zero attached hydrogens (tertiary/aromatic N) is 5. The van der Waals surface area contributed by atoms with Gasteiger partial charge >= 0.3 is 0 Å². The number of halogens is 1. The van der Waals surface area contributed by atoms with Gasteiger partial charge in [0.25, 0.3) is 0 Å². The molecule has 1 aromatic heterocycles. The first-order chi connectivity index (χ1) is 13.2. The molecule has 1 N–H and O–H groups in total. The minimum absolute atomic E-state index is 0. The van der Waals surface area contributed by atoms with Crippen molar-refractivity contribution < 1.29 is 0 Å². The van der Waals surface area contributed by atoms with Crippen LogP contribution in [0.15, 0.2) is 29.3 Å². The van der Waals surface area contributed by atoms with Gasteiger partial charge < -0.3 is 15.1 Å². The zero-order chi connectivity index (χ0) is 18.8. The molecular weight excluding hydrogens is 483 g/mol. The molecule has 2 aromatic rings. The zero-order valence-corrected chi connectivity index (χ0v) is 19.9. The highest BCUT2D eigenvalue weighted by Crippen LogP contribution is 2.42. The summed E-state index contributed by atoms with van der Waals surface area (Å²) in [6.07, 6.45) is 2.09. The molecule has 2 fully saturated rings. The Kier molecular flexibility index (Phi) is 7.14. The molecule has 2 heterocycles. The van der Waals surface area contributed by atoms with E-state index < -0.39 is 0 Å². The molecule has 1 aliphatic carbocycles. The standard InChI is InChI=1S/C20H28N6S.HI/c1-4-18-23-20(27-24-18)26-11-9-25(10-12-26)19(21-3)22-17-13-16(17)15-8-6-5-7-14(15)2;/h5-8,16-17H,4,9-13H2,1-3H3,(H,21,22);1H. The molecule has 1 saturated carbocycles. The lowest BCUT2D eigenvalue weighted by Crippen LogP contribution is -2.53. The fourth-order valence-electron chi connectivity index (χ4n) is 3.79. The minimum Gasteiger partial charge on any atom is -0.353 e. The van der Waals surface area contributed by atoms with Crippen molar-refractivity contribution in [2.24, 2.45) is 4.99 Å². The molecule has 2 atom stereocenters. The first-order valence-corrected chi connectivity index (χ1v) is 10.6. The first-order valence-electron chi connectivity index (χ1n) is 9.81. The van der Waals surface area contributed by atoms with Crippen LogP contribution in [0.1, 0.15) is 36.2 Å². The van der Waals surface area contributed by atoms with Gasteiger partial charge in [-0.1, -0.05) is 31.2 Å². The van der Waals surface area contributed by atoms with E-state index in [-0.39, 0.29) is 24.0 Å². The zero-order valence-electron chi connectivity index (χ0n) is 16.8. The molecular formula is C20H29IN6S. The predicted octanol–water partition coefficient (Wildman–Crippen LogP) is 3.28. The molecule has 0 spiro atoms. The van der Waals surface area contributed by atoms with E-state index in [0.29, 0.717) is 12.0 Å². The number of rotatable bonds is 4. The Bertz CT molecular complexity index is 815. The molecule has 1 aromatic carbocycles.